The number of allylic oxidation sites excluding steroid dienone is 1. The van der Waals surface area contributed by atoms with E-state index in [1.54, 1.807) is 0 Å². The summed E-state index contributed by atoms with van der Waals surface area (Å²) in [6, 6.07) is 10.3. The zero-order valence-electron chi connectivity index (χ0n) is 5.38. The van der Waals surface area contributed by atoms with Crippen molar-refractivity contribution in [3.8, 4) is 0 Å². The summed E-state index contributed by atoms with van der Waals surface area (Å²) in [5.74, 6) is 0. The Hall–Kier alpha value is 0.531. The molecule has 0 nitrogen and oxygen atoms in total. The number of benzene rings is 1. The van der Waals surface area contributed by atoms with Gasteiger partial charge in [-0.2, -0.15) is 0 Å². The fourth-order valence-electron chi connectivity index (χ4n) is 0.781. The van der Waals surface area contributed by atoms with Gasteiger partial charge in [-0.3, -0.25) is 0 Å². The minimum absolute atomic E-state index is 0. The molecule has 0 saturated heterocycles. The molecule has 0 aliphatic heterocycles. The van der Waals surface area contributed by atoms with Crippen LogP contribution in [0.1, 0.15) is 5.56 Å². The van der Waals surface area contributed by atoms with Crippen LogP contribution in [0.3, 0.4) is 0 Å². The molecule has 50 valence electrons. The van der Waals surface area contributed by atoms with E-state index < -0.39 is 0 Å². The van der Waals surface area contributed by atoms with E-state index in [0.717, 1.165) is 6.42 Å². The van der Waals surface area contributed by atoms with Gasteiger partial charge in [-0.25, -0.2) is 0 Å². The van der Waals surface area contributed by atoms with Gasteiger partial charge < -0.3 is 0 Å². The summed E-state index contributed by atoms with van der Waals surface area (Å²) in [6.07, 6.45) is 2.89. The third-order valence-electron chi connectivity index (χ3n) is 1.22. The van der Waals surface area contributed by atoms with Crippen molar-refractivity contribution in [1.82, 2.24) is 0 Å². The Bertz CT molecular complexity index is 179. The summed E-state index contributed by atoms with van der Waals surface area (Å²) >= 11 is 0. The average molecular weight is 258 g/mol. The van der Waals surface area contributed by atoms with Crippen LogP contribution in [0, 0.1) is 0 Å². The Morgan fingerprint density at radius 1 is 1.20 bits per heavy atom. The number of rotatable bonds is 2. The van der Waals surface area contributed by atoms with Gasteiger partial charge in [-0.15, -0.1) is 6.58 Å². The Labute approximate surface area is 102 Å². The third-order valence-corrected chi connectivity index (χ3v) is 1.22. The molecule has 1 rings (SSSR count). The summed E-state index contributed by atoms with van der Waals surface area (Å²) in [4.78, 5) is 0. The second kappa shape index (κ2) is 6.25. The summed E-state index contributed by atoms with van der Waals surface area (Å²) in [5.41, 5.74) is 1.33. The molecule has 0 spiro atoms. The minimum atomic E-state index is 0. The van der Waals surface area contributed by atoms with Gasteiger partial charge >= 0.3 is 48.9 Å². The van der Waals surface area contributed by atoms with Crippen LogP contribution in [0.15, 0.2) is 43.0 Å². The van der Waals surface area contributed by atoms with Crippen LogP contribution in [0.25, 0.3) is 0 Å². The fraction of sp³-hybridized carbons (Fsp3) is 0.111. The van der Waals surface area contributed by atoms with E-state index >= 15 is 0 Å². The molecule has 0 unspecified atom stereocenters. The first-order valence-corrected chi connectivity index (χ1v) is 3.08. The van der Waals surface area contributed by atoms with Crippen molar-refractivity contribution in [1.29, 1.82) is 0 Å². The Morgan fingerprint density at radius 3 is 2.30 bits per heavy atom. The van der Waals surface area contributed by atoms with Gasteiger partial charge in [0.1, 0.15) is 0 Å². The van der Waals surface area contributed by atoms with Gasteiger partial charge in [0.15, 0.2) is 0 Å². The average Bonchev–Trinajstić information content (AvgIpc) is 1.91. The molecule has 0 bridgehead atoms. The van der Waals surface area contributed by atoms with Gasteiger partial charge in [0.05, 0.1) is 0 Å². The molecule has 0 atom stereocenters. The monoisotopic (exact) mass is 258 g/mol. The zero-order valence-corrected chi connectivity index (χ0v) is 5.38. The first kappa shape index (κ1) is 10.5. The first-order valence-electron chi connectivity index (χ1n) is 3.08. The second-order valence-electron chi connectivity index (χ2n) is 1.98. The standard InChI is InChI=1S/C9H10.Ba.2H/c1-2-6-9-7-4-3-5-8-9;;;/h2-5,7-8H,1,6H2;;;. The number of hydrogen-bond donors (Lipinski definition) is 0. The van der Waals surface area contributed by atoms with E-state index in [1.165, 1.54) is 5.56 Å². The van der Waals surface area contributed by atoms with Crippen LogP contribution >= 0.6 is 0 Å². The van der Waals surface area contributed by atoms with Gasteiger partial charge in [0.2, 0.25) is 0 Å². The molecule has 0 radical (unpaired) electrons. The fourth-order valence-corrected chi connectivity index (χ4v) is 0.781. The van der Waals surface area contributed by atoms with Crippen LogP contribution in [-0.4, -0.2) is 48.9 Å². The van der Waals surface area contributed by atoms with Crippen molar-refractivity contribution >= 4 is 48.9 Å². The van der Waals surface area contributed by atoms with E-state index in [4.69, 9.17) is 0 Å². The van der Waals surface area contributed by atoms with E-state index in [-0.39, 0.29) is 48.9 Å². The summed E-state index contributed by atoms with van der Waals surface area (Å²) in [6.45, 7) is 3.66. The van der Waals surface area contributed by atoms with Crippen LogP contribution in [0.5, 0.6) is 0 Å². The van der Waals surface area contributed by atoms with Crippen LogP contribution in [-0.2, 0) is 6.42 Å². The maximum absolute atomic E-state index is 3.66. The summed E-state index contributed by atoms with van der Waals surface area (Å²) in [5, 5.41) is 0. The van der Waals surface area contributed by atoms with Crippen molar-refractivity contribution in [3.05, 3.63) is 48.6 Å². The Kier molecular flexibility index (Phi) is 6.59. The van der Waals surface area contributed by atoms with E-state index in [9.17, 15) is 0 Å². The molecule has 10 heavy (non-hydrogen) atoms. The molecule has 1 heteroatoms. The SMILES string of the molecule is C=CCc1ccccc1.[BaH2]. The maximum atomic E-state index is 3.66. The van der Waals surface area contributed by atoms with Crippen LogP contribution < -0.4 is 0 Å². The van der Waals surface area contributed by atoms with Crippen molar-refractivity contribution in [2.24, 2.45) is 0 Å². The van der Waals surface area contributed by atoms with Crippen molar-refractivity contribution in [2.75, 3.05) is 0 Å². The molecule has 0 saturated carbocycles. The van der Waals surface area contributed by atoms with Crippen LogP contribution in [0.4, 0.5) is 0 Å². The van der Waals surface area contributed by atoms with Crippen molar-refractivity contribution < 1.29 is 0 Å². The summed E-state index contributed by atoms with van der Waals surface area (Å²) in [7, 11) is 0. The molecule has 0 aliphatic rings. The predicted molar refractivity (Wildman–Crippen MR) is 48.9 cm³/mol. The molecule has 1 aromatic rings. The van der Waals surface area contributed by atoms with E-state index in [2.05, 4.69) is 18.7 Å². The molecular weight excluding hydrogens is 245 g/mol. The van der Waals surface area contributed by atoms with Gasteiger partial charge in [0, 0.05) is 0 Å². The molecule has 0 aliphatic carbocycles. The van der Waals surface area contributed by atoms with Gasteiger partial charge in [-0.1, -0.05) is 36.4 Å². The topological polar surface area (TPSA) is 0 Å². The quantitative estimate of drug-likeness (QED) is 0.556. The molecule has 0 amide bonds. The molecule has 0 N–H and O–H groups in total. The molecule has 0 fully saturated rings. The second-order valence-corrected chi connectivity index (χ2v) is 1.98. The normalized spacial score (nSPS) is 8.00. The number of hydrogen-bond acceptors (Lipinski definition) is 0. The zero-order chi connectivity index (χ0) is 6.53. The Morgan fingerprint density at radius 2 is 1.80 bits per heavy atom. The molecule has 0 aromatic heterocycles. The van der Waals surface area contributed by atoms with Gasteiger partial charge in [-0.05, 0) is 12.0 Å². The Balaban J connectivity index is 0.000000810. The van der Waals surface area contributed by atoms with Crippen LogP contribution in [0.2, 0.25) is 0 Å². The molecule has 0 heterocycles. The van der Waals surface area contributed by atoms with E-state index in [0.29, 0.717) is 0 Å². The molecular formula is C9H12Ba. The molecule has 1 aromatic carbocycles. The first-order chi connectivity index (χ1) is 4.43. The summed E-state index contributed by atoms with van der Waals surface area (Å²) < 4.78 is 0. The van der Waals surface area contributed by atoms with E-state index in [1.807, 2.05) is 24.3 Å². The van der Waals surface area contributed by atoms with Gasteiger partial charge in [0.25, 0.3) is 0 Å². The van der Waals surface area contributed by atoms with Crippen molar-refractivity contribution in [3.63, 3.8) is 0 Å². The third kappa shape index (κ3) is 3.64. The van der Waals surface area contributed by atoms with Crippen molar-refractivity contribution in [2.45, 2.75) is 6.42 Å². The predicted octanol–water partition coefficient (Wildman–Crippen LogP) is 1.50.